The second-order valence-electron chi connectivity index (χ2n) is 3.32. The van der Waals surface area contributed by atoms with Crippen molar-refractivity contribution in [3.05, 3.63) is 24.4 Å². The Morgan fingerprint density at radius 2 is 1.92 bits per heavy atom. The molecule has 0 bridgehead atoms. The van der Waals surface area contributed by atoms with Crippen molar-refractivity contribution in [2.75, 3.05) is 14.1 Å². The van der Waals surface area contributed by atoms with Gasteiger partial charge in [0.15, 0.2) is 0 Å². The van der Waals surface area contributed by atoms with Crippen molar-refractivity contribution in [3.8, 4) is 0 Å². The van der Waals surface area contributed by atoms with Crippen molar-refractivity contribution in [1.29, 1.82) is 0 Å². The SMILES string of the molecule is C=CC(NC=C(CC)CC)N(C)C. The average Bonchev–Trinajstić information content (AvgIpc) is 2.12. The summed E-state index contributed by atoms with van der Waals surface area (Å²) in [5.41, 5.74) is 1.44. The van der Waals surface area contributed by atoms with E-state index in [9.17, 15) is 0 Å². The highest BCUT2D eigenvalue weighted by Gasteiger charge is 2.02. The Bertz CT molecular complexity index is 165. The molecule has 0 rings (SSSR count). The van der Waals surface area contributed by atoms with Crippen LogP contribution in [-0.4, -0.2) is 25.2 Å². The molecular weight excluding hydrogens is 160 g/mol. The Balaban J connectivity index is 4.09. The molecule has 13 heavy (non-hydrogen) atoms. The first-order chi connectivity index (χ1) is 6.15. The lowest BCUT2D eigenvalue weighted by Gasteiger charge is -2.21. The largest absolute Gasteiger partial charge is 0.372 e. The molecule has 0 aliphatic heterocycles. The fraction of sp³-hybridized carbons (Fsp3) is 0.636. The smallest absolute Gasteiger partial charge is 0.0974 e. The van der Waals surface area contributed by atoms with Crippen molar-refractivity contribution in [2.24, 2.45) is 0 Å². The first kappa shape index (κ1) is 12.2. The molecule has 0 radical (unpaired) electrons. The van der Waals surface area contributed by atoms with Crippen LogP contribution in [0.5, 0.6) is 0 Å². The fourth-order valence-corrected chi connectivity index (χ4v) is 1.09. The highest BCUT2D eigenvalue weighted by atomic mass is 15.2. The predicted molar refractivity (Wildman–Crippen MR) is 59.5 cm³/mol. The van der Waals surface area contributed by atoms with Gasteiger partial charge in [-0.15, -0.1) is 0 Å². The van der Waals surface area contributed by atoms with E-state index in [4.69, 9.17) is 0 Å². The number of allylic oxidation sites excluding steroid dienone is 1. The van der Waals surface area contributed by atoms with E-state index < -0.39 is 0 Å². The summed E-state index contributed by atoms with van der Waals surface area (Å²) < 4.78 is 0. The van der Waals surface area contributed by atoms with Crippen LogP contribution in [-0.2, 0) is 0 Å². The van der Waals surface area contributed by atoms with E-state index >= 15 is 0 Å². The number of nitrogens with one attached hydrogen (secondary N) is 1. The molecule has 0 aromatic rings. The zero-order valence-electron chi connectivity index (χ0n) is 9.30. The van der Waals surface area contributed by atoms with Crippen LogP contribution in [0.3, 0.4) is 0 Å². The molecular formula is C11H22N2. The maximum atomic E-state index is 3.78. The summed E-state index contributed by atoms with van der Waals surface area (Å²) in [5.74, 6) is 0. The monoisotopic (exact) mass is 182 g/mol. The van der Waals surface area contributed by atoms with Gasteiger partial charge < -0.3 is 5.32 Å². The number of nitrogens with zero attached hydrogens (tertiary/aromatic N) is 1. The Kier molecular flexibility index (Phi) is 6.33. The molecule has 1 N–H and O–H groups in total. The summed E-state index contributed by atoms with van der Waals surface area (Å²) >= 11 is 0. The van der Waals surface area contributed by atoms with Gasteiger partial charge in [-0.1, -0.05) is 32.1 Å². The second-order valence-corrected chi connectivity index (χ2v) is 3.32. The summed E-state index contributed by atoms with van der Waals surface area (Å²) in [6, 6.07) is 0. The van der Waals surface area contributed by atoms with Crippen LogP contribution in [0.15, 0.2) is 24.4 Å². The third-order valence-electron chi connectivity index (χ3n) is 2.15. The van der Waals surface area contributed by atoms with E-state index in [0.29, 0.717) is 0 Å². The Morgan fingerprint density at radius 1 is 1.38 bits per heavy atom. The Hall–Kier alpha value is -0.760. The second kappa shape index (κ2) is 6.72. The van der Waals surface area contributed by atoms with E-state index in [0.717, 1.165) is 12.8 Å². The van der Waals surface area contributed by atoms with Gasteiger partial charge >= 0.3 is 0 Å². The average molecular weight is 182 g/mol. The summed E-state index contributed by atoms with van der Waals surface area (Å²) in [4.78, 5) is 2.09. The van der Waals surface area contributed by atoms with Gasteiger partial charge in [0, 0.05) is 0 Å². The van der Waals surface area contributed by atoms with Gasteiger partial charge in [-0.25, -0.2) is 0 Å². The predicted octanol–water partition coefficient (Wildman–Crippen LogP) is 2.35. The van der Waals surface area contributed by atoms with E-state index in [2.05, 4.69) is 36.8 Å². The lowest BCUT2D eigenvalue weighted by atomic mass is 10.2. The third kappa shape index (κ3) is 4.73. The number of hydrogen-bond donors (Lipinski definition) is 1. The third-order valence-corrected chi connectivity index (χ3v) is 2.15. The van der Waals surface area contributed by atoms with Gasteiger partial charge in [-0.2, -0.15) is 0 Å². The summed E-state index contributed by atoms with van der Waals surface area (Å²) in [7, 11) is 4.06. The minimum atomic E-state index is 0.230. The maximum Gasteiger partial charge on any atom is 0.0974 e. The highest BCUT2D eigenvalue weighted by Crippen LogP contribution is 2.03. The molecule has 0 aromatic carbocycles. The Labute approximate surface area is 82.3 Å². The lowest BCUT2D eigenvalue weighted by molar-refractivity contribution is 0.318. The van der Waals surface area contributed by atoms with Gasteiger partial charge in [0.1, 0.15) is 0 Å². The number of likely N-dealkylation sites (N-methyl/N-ethyl adjacent to an activating group) is 1. The molecule has 2 heteroatoms. The summed E-state index contributed by atoms with van der Waals surface area (Å²) in [6.07, 6.45) is 6.46. The van der Waals surface area contributed by atoms with E-state index in [1.54, 1.807) is 0 Å². The fourth-order valence-electron chi connectivity index (χ4n) is 1.09. The quantitative estimate of drug-likeness (QED) is 0.501. The molecule has 0 fully saturated rings. The molecule has 0 spiro atoms. The van der Waals surface area contributed by atoms with Gasteiger partial charge in [-0.05, 0) is 33.1 Å². The van der Waals surface area contributed by atoms with E-state index in [1.807, 2.05) is 20.2 Å². The Morgan fingerprint density at radius 3 is 2.23 bits per heavy atom. The summed E-state index contributed by atoms with van der Waals surface area (Å²) in [5, 5.41) is 3.32. The molecule has 2 nitrogen and oxygen atoms in total. The minimum Gasteiger partial charge on any atom is -0.372 e. The van der Waals surface area contributed by atoms with Crippen molar-refractivity contribution in [1.82, 2.24) is 10.2 Å². The van der Waals surface area contributed by atoms with Gasteiger partial charge in [0.2, 0.25) is 0 Å². The van der Waals surface area contributed by atoms with Crippen LogP contribution in [0, 0.1) is 0 Å². The standard InChI is InChI=1S/C11H22N2/c1-6-10(7-2)9-12-11(8-3)13(4)5/h8-9,11-12H,3,6-7H2,1-2,4-5H3. The molecule has 0 saturated carbocycles. The first-order valence-corrected chi connectivity index (χ1v) is 4.88. The van der Waals surface area contributed by atoms with Crippen molar-refractivity contribution < 1.29 is 0 Å². The highest BCUT2D eigenvalue weighted by molar-refractivity contribution is 5.01. The molecule has 0 heterocycles. The molecule has 1 atom stereocenters. The summed E-state index contributed by atoms with van der Waals surface area (Å²) in [6.45, 7) is 8.13. The zero-order chi connectivity index (χ0) is 10.3. The van der Waals surface area contributed by atoms with E-state index in [-0.39, 0.29) is 6.17 Å². The number of hydrogen-bond acceptors (Lipinski definition) is 2. The molecule has 0 saturated heterocycles. The molecule has 1 unspecified atom stereocenters. The topological polar surface area (TPSA) is 15.3 Å². The lowest BCUT2D eigenvalue weighted by Crippen LogP contribution is -2.36. The molecule has 0 aliphatic carbocycles. The van der Waals surface area contributed by atoms with Crippen molar-refractivity contribution >= 4 is 0 Å². The first-order valence-electron chi connectivity index (χ1n) is 4.88. The molecule has 0 amide bonds. The van der Waals surface area contributed by atoms with Crippen molar-refractivity contribution in [3.63, 3.8) is 0 Å². The van der Waals surface area contributed by atoms with Gasteiger partial charge in [0.05, 0.1) is 6.17 Å². The van der Waals surface area contributed by atoms with Crippen molar-refractivity contribution in [2.45, 2.75) is 32.9 Å². The van der Waals surface area contributed by atoms with Crippen LogP contribution < -0.4 is 5.32 Å². The zero-order valence-corrected chi connectivity index (χ0v) is 9.30. The minimum absolute atomic E-state index is 0.230. The van der Waals surface area contributed by atoms with E-state index in [1.165, 1.54) is 5.57 Å². The maximum absolute atomic E-state index is 3.78. The molecule has 76 valence electrons. The molecule has 0 aromatic heterocycles. The van der Waals surface area contributed by atoms with Crippen LogP contribution in [0.4, 0.5) is 0 Å². The number of rotatable bonds is 6. The van der Waals surface area contributed by atoms with Crippen LogP contribution in [0.25, 0.3) is 0 Å². The van der Waals surface area contributed by atoms with Crippen LogP contribution >= 0.6 is 0 Å². The molecule has 0 aliphatic rings. The van der Waals surface area contributed by atoms with Crippen LogP contribution in [0.2, 0.25) is 0 Å². The van der Waals surface area contributed by atoms with Crippen LogP contribution in [0.1, 0.15) is 26.7 Å². The normalized spacial score (nSPS) is 12.4. The van der Waals surface area contributed by atoms with Gasteiger partial charge in [0.25, 0.3) is 0 Å². The van der Waals surface area contributed by atoms with Gasteiger partial charge in [-0.3, -0.25) is 4.90 Å².